The van der Waals surface area contributed by atoms with Gasteiger partial charge in [-0.05, 0) is 60.4 Å². The van der Waals surface area contributed by atoms with Crippen molar-refractivity contribution in [1.82, 2.24) is 4.90 Å². The molecule has 44 heavy (non-hydrogen) atoms. The van der Waals surface area contributed by atoms with Crippen molar-refractivity contribution < 1.29 is 33.3 Å². The monoisotopic (exact) mass is 593 g/mol. The average molecular weight is 594 g/mol. The number of likely N-dealkylation sites (tertiary alicyclic amines) is 1. The summed E-state index contributed by atoms with van der Waals surface area (Å²) in [5, 5.41) is 0. The second-order valence-electron chi connectivity index (χ2n) is 10.6. The smallest absolute Gasteiger partial charge is 0.410 e. The molecule has 4 aromatic carbocycles. The van der Waals surface area contributed by atoms with Crippen molar-refractivity contribution in [2.45, 2.75) is 31.0 Å². The first-order valence-electron chi connectivity index (χ1n) is 14.5. The largest absolute Gasteiger partial charge is 0.497 e. The molecule has 1 aliphatic rings. The van der Waals surface area contributed by atoms with E-state index in [0.29, 0.717) is 35.5 Å². The predicted molar refractivity (Wildman–Crippen MR) is 165 cm³/mol. The van der Waals surface area contributed by atoms with E-state index in [1.165, 1.54) is 0 Å². The minimum atomic E-state index is -1.20. The Morgan fingerprint density at radius 1 is 0.727 bits per heavy atom. The first-order chi connectivity index (χ1) is 21.4. The molecule has 0 N–H and O–H groups in total. The molecule has 1 saturated heterocycles. The van der Waals surface area contributed by atoms with Gasteiger partial charge < -0.3 is 23.8 Å². The highest BCUT2D eigenvalue weighted by Gasteiger charge is 2.47. The Balaban J connectivity index is 1.39. The van der Waals surface area contributed by atoms with Crippen LogP contribution in [0.3, 0.4) is 0 Å². The molecular formula is C36H35NO7. The number of rotatable bonds is 10. The summed E-state index contributed by atoms with van der Waals surface area (Å²) in [4.78, 5) is 42.7. The van der Waals surface area contributed by atoms with Gasteiger partial charge in [0, 0.05) is 24.2 Å². The maximum atomic E-state index is 14.3. The van der Waals surface area contributed by atoms with E-state index in [0.717, 1.165) is 11.1 Å². The summed E-state index contributed by atoms with van der Waals surface area (Å²) in [7, 11) is 3.11. The normalized spacial score (nSPS) is 14.6. The number of hydrogen-bond donors (Lipinski definition) is 0. The predicted octanol–water partition coefficient (Wildman–Crippen LogP) is 6.54. The molecule has 1 heterocycles. The zero-order valence-electron chi connectivity index (χ0n) is 24.8. The van der Waals surface area contributed by atoms with Gasteiger partial charge in [-0.1, -0.05) is 72.8 Å². The summed E-state index contributed by atoms with van der Waals surface area (Å²) in [5.41, 5.74) is 1.50. The van der Waals surface area contributed by atoms with Crippen LogP contribution in [0.25, 0.3) is 0 Å². The van der Waals surface area contributed by atoms with E-state index in [1.807, 2.05) is 60.7 Å². The minimum Gasteiger partial charge on any atom is -0.497 e. The Labute approximate surface area is 257 Å². The van der Waals surface area contributed by atoms with E-state index >= 15 is 0 Å². The Morgan fingerprint density at radius 3 is 1.84 bits per heavy atom. The van der Waals surface area contributed by atoms with Gasteiger partial charge in [0.05, 0.1) is 19.6 Å². The van der Waals surface area contributed by atoms with Crippen molar-refractivity contribution in [3.63, 3.8) is 0 Å². The van der Waals surface area contributed by atoms with Crippen molar-refractivity contribution >= 4 is 17.8 Å². The van der Waals surface area contributed by atoms with Crippen LogP contribution in [0.5, 0.6) is 11.5 Å². The lowest BCUT2D eigenvalue weighted by molar-refractivity contribution is -0.156. The van der Waals surface area contributed by atoms with E-state index in [4.69, 9.17) is 18.9 Å². The van der Waals surface area contributed by atoms with Crippen LogP contribution < -0.4 is 9.47 Å². The summed E-state index contributed by atoms with van der Waals surface area (Å²) >= 11 is 0. The number of Topliss-reactive ketones (excluding diaryl/α,β-unsaturated/α-hetero) is 1. The number of benzene rings is 4. The summed E-state index contributed by atoms with van der Waals surface area (Å²) in [5.74, 6) is 0.333. The molecule has 1 fully saturated rings. The van der Waals surface area contributed by atoms with E-state index < -0.39 is 23.6 Å². The fourth-order valence-corrected chi connectivity index (χ4v) is 5.43. The molecule has 226 valence electrons. The molecule has 0 radical (unpaired) electrons. The molecule has 1 unspecified atom stereocenters. The van der Waals surface area contributed by atoms with Crippen LogP contribution >= 0.6 is 0 Å². The summed E-state index contributed by atoms with van der Waals surface area (Å²) in [6.45, 7) is 0.744. The second-order valence-corrected chi connectivity index (χ2v) is 10.6. The van der Waals surface area contributed by atoms with Gasteiger partial charge >= 0.3 is 12.1 Å². The zero-order valence-corrected chi connectivity index (χ0v) is 24.8. The molecule has 1 atom stereocenters. The third-order valence-electron chi connectivity index (χ3n) is 8.05. The molecule has 0 spiro atoms. The Bertz CT molecular complexity index is 1550. The molecule has 8 nitrogen and oxygen atoms in total. The number of ketones is 1. The summed E-state index contributed by atoms with van der Waals surface area (Å²) in [6, 6.07) is 32.5. The molecule has 0 aromatic heterocycles. The van der Waals surface area contributed by atoms with Gasteiger partial charge in [-0.15, -0.1) is 0 Å². The molecule has 1 aliphatic heterocycles. The zero-order chi connectivity index (χ0) is 30.9. The molecule has 8 heteroatoms. The quantitative estimate of drug-likeness (QED) is 0.152. The van der Waals surface area contributed by atoms with Gasteiger partial charge in [-0.25, -0.2) is 4.79 Å². The Hall–Kier alpha value is -5.11. The number of nitrogens with zero attached hydrogens (tertiary/aromatic N) is 1. The number of esters is 1. The van der Waals surface area contributed by atoms with Crippen molar-refractivity contribution in [3.8, 4) is 11.5 Å². The van der Waals surface area contributed by atoms with Gasteiger partial charge in [0.2, 0.25) is 5.78 Å². The van der Waals surface area contributed by atoms with Crippen molar-refractivity contribution in [2.24, 2.45) is 0 Å². The number of hydrogen-bond acceptors (Lipinski definition) is 7. The highest BCUT2D eigenvalue weighted by molar-refractivity contribution is 6.01. The second kappa shape index (κ2) is 13.9. The molecular weight excluding hydrogens is 558 g/mol. The van der Waals surface area contributed by atoms with Crippen LogP contribution in [0.4, 0.5) is 4.79 Å². The fraction of sp³-hybridized carbons (Fsp3) is 0.250. The lowest BCUT2D eigenvalue weighted by Crippen LogP contribution is -2.50. The van der Waals surface area contributed by atoms with Crippen LogP contribution in [0, 0.1) is 0 Å². The van der Waals surface area contributed by atoms with E-state index in [9.17, 15) is 14.4 Å². The molecule has 0 bridgehead atoms. The van der Waals surface area contributed by atoms with Crippen LogP contribution in [0.1, 0.15) is 46.0 Å². The van der Waals surface area contributed by atoms with Crippen LogP contribution in [0.2, 0.25) is 0 Å². The lowest BCUT2D eigenvalue weighted by atomic mass is 9.72. The summed E-state index contributed by atoms with van der Waals surface area (Å²) in [6.07, 6.45) is -1.02. The average Bonchev–Trinajstić information content (AvgIpc) is 3.10. The van der Waals surface area contributed by atoms with Crippen LogP contribution in [-0.4, -0.2) is 50.1 Å². The SMILES string of the molecule is COc1ccc(C(=O)C(OC(=O)C2(c3ccccc3)CCN(C(=O)OCc3ccccc3)CC2)c2ccc(OC)cc2)cc1. The Kier molecular flexibility index (Phi) is 9.59. The van der Waals surface area contributed by atoms with Crippen LogP contribution in [0.15, 0.2) is 109 Å². The maximum absolute atomic E-state index is 14.3. The van der Waals surface area contributed by atoms with Crippen molar-refractivity contribution in [3.05, 3.63) is 131 Å². The van der Waals surface area contributed by atoms with Gasteiger partial charge in [0.15, 0.2) is 6.10 Å². The standard InChI is InChI=1S/C36H35NO7/c1-41-30-17-13-27(14-18-30)32(38)33(28-15-19-31(42-2)20-16-28)44-34(39)36(29-11-7-4-8-12-29)21-23-37(24-22-36)35(40)43-25-26-9-5-3-6-10-26/h3-20,33H,21-25H2,1-2H3. The van der Waals surface area contributed by atoms with E-state index in [1.54, 1.807) is 67.7 Å². The highest BCUT2D eigenvalue weighted by Crippen LogP contribution is 2.39. The van der Waals surface area contributed by atoms with Crippen molar-refractivity contribution in [2.75, 3.05) is 27.3 Å². The number of ether oxygens (including phenoxy) is 4. The third-order valence-corrected chi connectivity index (χ3v) is 8.05. The Morgan fingerprint density at radius 2 is 1.27 bits per heavy atom. The number of carbonyl (C=O) groups excluding carboxylic acids is 3. The summed E-state index contributed by atoms with van der Waals surface area (Å²) < 4.78 is 22.3. The molecule has 0 aliphatic carbocycles. The topological polar surface area (TPSA) is 91.4 Å². The van der Waals surface area contributed by atoms with E-state index in [2.05, 4.69) is 0 Å². The third kappa shape index (κ3) is 6.75. The van der Waals surface area contributed by atoms with Crippen LogP contribution in [-0.2, 0) is 26.3 Å². The molecule has 1 amide bonds. The first-order valence-corrected chi connectivity index (χ1v) is 14.5. The molecule has 0 saturated carbocycles. The van der Waals surface area contributed by atoms with Gasteiger partial charge in [0.25, 0.3) is 0 Å². The highest BCUT2D eigenvalue weighted by atomic mass is 16.6. The van der Waals surface area contributed by atoms with Crippen molar-refractivity contribution in [1.29, 1.82) is 0 Å². The maximum Gasteiger partial charge on any atom is 0.410 e. The number of amides is 1. The molecule has 5 rings (SSSR count). The number of carbonyl (C=O) groups is 3. The minimum absolute atomic E-state index is 0.166. The van der Waals surface area contributed by atoms with Gasteiger partial charge in [-0.2, -0.15) is 0 Å². The van der Waals surface area contributed by atoms with Gasteiger partial charge in [-0.3, -0.25) is 9.59 Å². The number of methoxy groups -OCH3 is 2. The van der Waals surface area contributed by atoms with E-state index in [-0.39, 0.29) is 25.5 Å². The lowest BCUT2D eigenvalue weighted by Gasteiger charge is -2.40. The number of piperidine rings is 1. The molecule has 4 aromatic rings. The van der Waals surface area contributed by atoms with Gasteiger partial charge in [0.1, 0.15) is 18.1 Å². The first kappa shape index (κ1) is 30.4. The fourth-order valence-electron chi connectivity index (χ4n) is 5.43.